The molecule has 1 fully saturated rings. The van der Waals surface area contributed by atoms with E-state index < -0.39 is 0 Å². The molecule has 0 atom stereocenters. The van der Waals surface area contributed by atoms with Gasteiger partial charge in [-0.2, -0.15) is 0 Å². The van der Waals surface area contributed by atoms with Crippen molar-refractivity contribution < 1.29 is 9.53 Å². The Kier molecular flexibility index (Phi) is 6.25. The van der Waals surface area contributed by atoms with Crippen LogP contribution < -0.4 is 4.74 Å². The van der Waals surface area contributed by atoms with Crippen LogP contribution in [0.25, 0.3) is 0 Å². The summed E-state index contributed by atoms with van der Waals surface area (Å²) in [6, 6.07) is 8.21. The third-order valence-corrected chi connectivity index (χ3v) is 4.56. The topological polar surface area (TPSA) is 32.8 Å². The molecular weight excluding hydrogens is 276 g/mol. The van der Waals surface area contributed by atoms with Gasteiger partial charge in [-0.05, 0) is 30.5 Å². The number of carbonyl (C=O) groups excluding carboxylic acids is 1. The van der Waals surface area contributed by atoms with Gasteiger partial charge in [0.25, 0.3) is 0 Å². The van der Waals surface area contributed by atoms with E-state index in [-0.39, 0.29) is 5.92 Å². The van der Waals surface area contributed by atoms with E-state index in [1.807, 2.05) is 17.0 Å². The summed E-state index contributed by atoms with van der Waals surface area (Å²) in [5.41, 5.74) is 1.26. The first-order valence-corrected chi connectivity index (χ1v) is 8.32. The zero-order valence-electron chi connectivity index (χ0n) is 14.0. The molecule has 0 spiro atoms. The first-order valence-electron chi connectivity index (χ1n) is 8.32. The third kappa shape index (κ3) is 4.23. The van der Waals surface area contributed by atoms with Crippen LogP contribution in [-0.2, 0) is 11.3 Å². The van der Waals surface area contributed by atoms with E-state index in [2.05, 4.69) is 30.9 Å². The molecule has 0 N–H and O–H groups in total. The van der Waals surface area contributed by atoms with E-state index in [9.17, 15) is 4.79 Å². The van der Waals surface area contributed by atoms with Crippen molar-refractivity contribution in [2.45, 2.75) is 33.2 Å². The minimum Gasteiger partial charge on any atom is -0.497 e. The zero-order chi connectivity index (χ0) is 15.9. The van der Waals surface area contributed by atoms with Gasteiger partial charge in [-0.1, -0.05) is 26.0 Å². The molecule has 4 heteroatoms. The average molecular weight is 304 g/mol. The summed E-state index contributed by atoms with van der Waals surface area (Å²) in [6.45, 7) is 8.71. The first kappa shape index (κ1) is 16.8. The van der Waals surface area contributed by atoms with Crippen molar-refractivity contribution in [2.24, 2.45) is 5.92 Å². The second-order valence-electron chi connectivity index (χ2n) is 5.97. The quantitative estimate of drug-likeness (QED) is 0.810. The molecule has 1 aromatic rings. The molecule has 0 unspecified atom stereocenters. The Morgan fingerprint density at radius 1 is 1.18 bits per heavy atom. The normalized spacial score (nSPS) is 16.1. The number of benzene rings is 1. The van der Waals surface area contributed by atoms with E-state index in [0.717, 1.165) is 51.3 Å². The molecule has 0 aromatic heterocycles. The number of nitrogens with zero attached hydrogens (tertiary/aromatic N) is 2. The summed E-state index contributed by atoms with van der Waals surface area (Å²) >= 11 is 0. The van der Waals surface area contributed by atoms with E-state index in [1.54, 1.807) is 7.11 Å². The number of ether oxygens (including phenoxy) is 1. The average Bonchev–Trinajstić information content (AvgIpc) is 2.56. The molecule has 22 heavy (non-hydrogen) atoms. The minimum absolute atomic E-state index is 0.199. The smallest absolute Gasteiger partial charge is 0.225 e. The van der Waals surface area contributed by atoms with Crippen molar-refractivity contribution in [3.05, 3.63) is 29.8 Å². The number of amides is 1. The van der Waals surface area contributed by atoms with Crippen molar-refractivity contribution in [1.29, 1.82) is 0 Å². The number of rotatable bonds is 6. The second kappa shape index (κ2) is 8.18. The molecule has 0 radical (unpaired) electrons. The first-order chi connectivity index (χ1) is 10.7. The van der Waals surface area contributed by atoms with Crippen molar-refractivity contribution >= 4 is 5.91 Å². The lowest BCUT2D eigenvalue weighted by Crippen LogP contribution is -2.49. The maximum absolute atomic E-state index is 12.4. The molecule has 1 aromatic carbocycles. The summed E-state index contributed by atoms with van der Waals surface area (Å²) in [5, 5.41) is 0. The molecule has 1 aliphatic heterocycles. The zero-order valence-corrected chi connectivity index (χ0v) is 14.0. The Bertz CT molecular complexity index is 478. The van der Waals surface area contributed by atoms with Crippen LogP contribution >= 0.6 is 0 Å². The lowest BCUT2D eigenvalue weighted by atomic mass is 10.0. The molecule has 1 aliphatic rings. The second-order valence-corrected chi connectivity index (χ2v) is 5.97. The van der Waals surface area contributed by atoms with Crippen LogP contribution in [0.3, 0.4) is 0 Å². The highest BCUT2D eigenvalue weighted by Crippen LogP contribution is 2.17. The van der Waals surface area contributed by atoms with E-state index in [1.165, 1.54) is 5.56 Å². The number of hydrogen-bond acceptors (Lipinski definition) is 3. The maximum atomic E-state index is 12.4. The Labute approximate surface area is 134 Å². The van der Waals surface area contributed by atoms with E-state index >= 15 is 0 Å². The fraction of sp³-hybridized carbons (Fsp3) is 0.611. The lowest BCUT2D eigenvalue weighted by molar-refractivity contribution is -0.137. The molecule has 122 valence electrons. The van der Waals surface area contributed by atoms with Crippen LogP contribution in [0.4, 0.5) is 0 Å². The van der Waals surface area contributed by atoms with Crippen LogP contribution in [0.2, 0.25) is 0 Å². The molecule has 1 heterocycles. The molecule has 0 aliphatic carbocycles. The van der Waals surface area contributed by atoms with Crippen molar-refractivity contribution in [3.63, 3.8) is 0 Å². The minimum atomic E-state index is 0.199. The largest absolute Gasteiger partial charge is 0.497 e. The van der Waals surface area contributed by atoms with Gasteiger partial charge in [0.1, 0.15) is 5.75 Å². The highest BCUT2D eigenvalue weighted by atomic mass is 16.5. The van der Waals surface area contributed by atoms with E-state index in [0.29, 0.717) is 5.91 Å². The van der Waals surface area contributed by atoms with Gasteiger partial charge in [0.05, 0.1) is 7.11 Å². The summed E-state index contributed by atoms with van der Waals surface area (Å²) in [4.78, 5) is 16.8. The standard InChI is InChI=1S/C18H28N2O2/c1-4-16(5-2)18(21)20-11-9-19(10-12-20)14-15-7-6-8-17(13-15)22-3/h6-8,13,16H,4-5,9-12,14H2,1-3H3. The Morgan fingerprint density at radius 2 is 1.86 bits per heavy atom. The number of hydrogen-bond donors (Lipinski definition) is 0. The number of carbonyl (C=O) groups is 1. The summed E-state index contributed by atoms with van der Waals surface area (Å²) in [5.74, 6) is 1.44. The van der Waals surface area contributed by atoms with Gasteiger partial charge in [0, 0.05) is 38.6 Å². The van der Waals surface area contributed by atoms with Gasteiger partial charge in [-0.3, -0.25) is 9.69 Å². The third-order valence-electron chi connectivity index (χ3n) is 4.56. The number of methoxy groups -OCH3 is 1. The fourth-order valence-electron chi connectivity index (χ4n) is 3.05. The van der Waals surface area contributed by atoms with Gasteiger partial charge < -0.3 is 9.64 Å². The Balaban J connectivity index is 1.85. The summed E-state index contributed by atoms with van der Waals surface area (Å²) in [6.07, 6.45) is 1.89. The highest BCUT2D eigenvalue weighted by Gasteiger charge is 2.25. The van der Waals surface area contributed by atoms with Gasteiger partial charge in [0.15, 0.2) is 0 Å². The SMILES string of the molecule is CCC(CC)C(=O)N1CCN(Cc2cccc(OC)c2)CC1. The highest BCUT2D eigenvalue weighted by molar-refractivity contribution is 5.78. The van der Waals surface area contributed by atoms with Crippen molar-refractivity contribution in [1.82, 2.24) is 9.80 Å². The van der Waals surface area contributed by atoms with Crippen LogP contribution in [0.1, 0.15) is 32.3 Å². The molecule has 1 saturated heterocycles. The fourth-order valence-corrected chi connectivity index (χ4v) is 3.05. The maximum Gasteiger partial charge on any atom is 0.225 e. The van der Waals surface area contributed by atoms with Crippen LogP contribution in [-0.4, -0.2) is 49.0 Å². The van der Waals surface area contributed by atoms with Crippen molar-refractivity contribution in [3.8, 4) is 5.75 Å². The summed E-state index contributed by atoms with van der Waals surface area (Å²) in [7, 11) is 1.70. The molecule has 2 rings (SSSR count). The molecule has 0 saturated carbocycles. The van der Waals surface area contributed by atoms with Gasteiger partial charge >= 0.3 is 0 Å². The monoisotopic (exact) mass is 304 g/mol. The Hall–Kier alpha value is -1.55. The Morgan fingerprint density at radius 3 is 2.45 bits per heavy atom. The van der Waals surface area contributed by atoms with Crippen LogP contribution in [0, 0.1) is 5.92 Å². The van der Waals surface area contributed by atoms with Crippen molar-refractivity contribution in [2.75, 3.05) is 33.3 Å². The van der Waals surface area contributed by atoms with Gasteiger partial charge in [-0.25, -0.2) is 0 Å². The van der Waals surface area contributed by atoms with Crippen LogP contribution in [0.5, 0.6) is 5.75 Å². The molecule has 4 nitrogen and oxygen atoms in total. The predicted octanol–water partition coefficient (Wildman–Crippen LogP) is 2.78. The van der Waals surface area contributed by atoms with Gasteiger partial charge in [-0.15, -0.1) is 0 Å². The predicted molar refractivity (Wildman–Crippen MR) is 88.9 cm³/mol. The number of piperazine rings is 1. The molecular formula is C18H28N2O2. The van der Waals surface area contributed by atoms with Crippen LogP contribution in [0.15, 0.2) is 24.3 Å². The summed E-state index contributed by atoms with van der Waals surface area (Å²) < 4.78 is 5.27. The lowest BCUT2D eigenvalue weighted by Gasteiger charge is -2.36. The molecule has 1 amide bonds. The van der Waals surface area contributed by atoms with Gasteiger partial charge in [0.2, 0.25) is 5.91 Å². The van der Waals surface area contributed by atoms with E-state index in [4.69, 9.17) is 4.74 Å². The molecule has 0 bridgehead atoms.